The SMILES string of the molecule is CC(CC(=O)ON1C(=O)CCC1=O)CC(C)(C)C(=O)N1Cc2ccccc2/C=C\c2ccccc21. The van der Waals surface area contributed by atoms with E-state index in [0.717, 1.165) is 22.4 Å². The molecule has 0 spiro atoms. The van der Waals surface area contributed by atoms with Crippen LogP contribution in [0.3, 0.4) is 0 Å². The monoisotopic (exact) mass is 474 g/mol. The molecule has 2 aromatic carbocycles. The van der Waals surface area contributed by atoms with Gasteiger partial charge >= 0.3 is 5.97 Å². The fourth-order valence-electron chi connectivity index (χ4n) is 4.81. The third-order valence-corrected chi connectivity index (χ3v) is 6.45. The third-order valence-electron chi connectivity index (χ3n) is 6.45. The first kappa shape index (κ1) is 24.4. The zero-order chi connectivity index (χ0) is 25.2. The summed E-state index contributed by atoms with van der Waals surface area (Å²) in [5.41, 5.74) is 3.15. The van der Waals surface area contributed by atoms with E-state index in [0.29, 0.717) is 18.0 Å². The Hall–Kier alpha value is -3.74. The highest BCUT2D eigenvalue weighted by molar-refractivity contribution is 6.02. The molecule has 2 aliphatic rings. The van der Waals surface area contributed by atoms with Gasteiger partial charge in [-0.2, -0.15) is 0 Å². The minimum atomic E-state index is -0.774. The van der Waals surface area contributed by atoms with E-state index in [1.807, 2.05) is 80.3 Å². The van der Waals surface area contributed by atoms with Crippen molar-refractivity contribution in [3.05, 3.63) is 65.2 Å². The molecule has 3 amide bonds. The largest absolute Gasteiger partial charge is 0.333 e. The Bertz CT molecular complexity index is 1180. The van der Waals surface area contributed by atoms with Crippen molar-refractivity contribution in [2.75, 3.05) is 4.90 Å². The maximum atomic E-state index is 13.9. The number of fused-ring (bicyclic) bond motifs is 2. The van der Waals surface area contributed by atoms with Crippen LogP contribution in [0.25, 0.3) is 12.2 Å². The molecular formula is C28H30N2O5. The lowest BCUT2D eigenvalue weighted by Gasteiger charge is -2.35. The van der Waals surface area contributed by atoms with Gasteiger partial charge in [-0.25, -0.2) is 4.79 Å². The number of amides is 3. The zero-order valence-corrected chi connectivity index (χ0v) is 20.3. The van der Waals surface area contributed by atoms with Crippen LogP contribution in [0.2, 0.25) is 0 Å². The molecule has 2 aliphatic heterocycles. The first-order valence-corrected chi connectivity index (χ1v) is 11.9. The van der Waals surface area contributed by atoms with Crippen molar-refractivity contribution in [3.8, 4) is 0 Å². The predicted octanol–water partition coefficient (Wildman–Crippen LogP) is 4.75. The first-order valence-electron chi connectivity index (χ1n) is 11.9. The summed E-state index contributed by atoms with van der Waals surface area (Å²) in [5, 5.41) is 0.563. The summed E-state index contributed by atoms with van der Waals surface area (Å²) in [6.45, 7) is 6.07. The van der Waals surface area contributed by atoms with Crippen LogP contribution in [0.4, 0.5) is 5.69 Å². The van der Waals surface area contributed by atoms with E-state index in [1.165, 1.54) is 0 Å². The third kappa shape index (κ3) is 5.34. The molecule has 2 heterocycles. The van der Waals surface area contributed by atoms with Gasteiger partial charge in [-0.1, -0.05) is 75.4 Å². The highest BCUT2D eigenvalue weighted by Gasteiger charge is 2.37. The molecule has 1 atom stereocenters. The van der Waals surface area contributed by atoms with Crippen LogP contribution in [0.15, 0.2) is 48.5 Å². The van der Waals surface area contributed by atoms with Gasteiger partial charge in [0, 0.05) is 18.3 Å². The molecule has 7 heteroatoms. The Kier molecular flexibility index (Phi) is 6.87. The van der Waals surface area contributed by atoms with Crippen molar-refractivity contribution in [1.29, 1.82) is 0 Å². The van der Waals surface area contributed by atoms with Gasteiger partial charge in [-0.3, -0.25) is 14.4 Å². The van der Waals surface area contributed by atoms with Crippen LogP contribution < -0.4 is 4.90 Å². The molecule has 1 fully saturated rings. The van der Waals surface area contributed by atoms with Crippen LogP contribution >= 0.6 is 0 Å². The number of hydroxylamine groups is 2. The van der Waals surface area contributed by atoms with Crippen LogP contribution in [0.1, 0.15) is 63.1 Å². The van der Waals surface area contributed by atoms with Crippen LogP contribution in [0.5, 0.6) is 0 Å². The van der Waals surface area contributed by atoms with Crippen LogP contribution in [-0.2, 0) is 30.6 Å². The molecular weight excluding hydrogens is 444 g/mol. The molecule has 182 valence electrons. The predicted molar refractivity (Wildman–Crippen MR) is 132 cm³/mol. The summed E-state index contributed by atoms with van der Waals surface area (Å²) in [7, 11) is 0. The van der Waals surface area contributed by atoms with E-state index in [-0.39, 0.29) is 31.1 Å². The van der Waals surface area contributed by atoms with Gasteiger partial charge in [0.2, 0.25) is 5.91 Å². The summed E-state index contributed by atoms with van der Waals surface area (Å²) >= 11 is 0. The van der Waals surface area contributed by atoms with Crippen molar-refractivity contribution < 1.29 is 24.0 Å². The fourth-order valence-corrected chi connectivity index (χ4v) is 4.81. The van der Waals surface area contributed by atoms with Crippen molar-refractivity contribution in [1.82, 2.24) is 5.06 Å². The normalized spacial score (nSPS) is 17.2. The standard InChI is InChI=1S/C28H30N2O5/c1-19(16-26(33)35-30-24(31)14-15-25(30)32)17-28(2,3)27(34)29-18-22-10-5-4-8-20(22)12-13-21-9-6-7-11-23(21)29/h4-13,19H,14-18H2,1-3H3/b13-12-. The molecule has 35 heavy (non-hydrogen) atoms. The highest BCUT2D eigenvalue weighted by atomic mass is 16.7. The summed E-state index contributed by atoms with van der Waals surface area (Å²) in [5.74, 6) is -1.90. The minimum Gasteiger partial charge on any atom is -0.330 e. The molecule has 0 aromatic heterocycles. The minimum absolute atomic E-state index is 0.00404. The second-order valence-corrected chi connectivity index (χ2v) is 9.92. The number of nitrogens with zero attached hydrogens (tertiary/aromatic N) is 2. The van der Waals surface area contributed by atoms with Gasteiger partial charge in [0.05, 0.1) is 18.7 Å². The summed E-state index contributed by atoms with van der Waals surface area (Å²) < 4.78 is 0. The van der Waals surface area contributed by atoms with E-state index in [1.54, 1.807) is 0 Å². The van der Waals surface area contributed by atoms with E-state index < -0.39 is 23.2 Å². The molecule has 1 saturated heterocycles. The zero-order valence-electron chi connectivity index (χ0n) is 20.3. The fraction of sp³-hybridized carbons (Fsp3) is 0.357. The maximum Gasteiger partial charge on any atom is 0.333 e. The van der Waals surface area contributed by atoms with Crippen LogP contribution in [-0.4, -0.2) is 28.8 Å². The second-order valence-electron chi connectivity index (χ2n) is 9.92. The molecule has 1 unspecified atom stereocenters. The second kappa shape index (κ2) is 9.86. The molecule has 0 bridgehead atoms. The number of para-hydroxylation sites is 1. The first-order chi connectivity index (χ1) is 16.7. The van der Waals surface area contributed by atoms with Gasteiger partial charge in [0.25, 0.3) is 11.8 Å². The van der Waals surface area contributed by atoms with Gasteiger partial charge in [-0.15, -0.1) is 5.06 Å². The lowest BCUT2D eigenvalue weighted by atomic mass is 9.80. The number of hydrogen-bond acceptors (Lipinski definition) is 5. The Morgan fingerprint density at radius 1 is 0.943 bits per heavy atom. The van der Waals surface area contributed by atoms with E-state index in [4.69, 9.17) is 4.84 Å². The van der Waals surface area contributed by atoms with Crippen molar-refractivity contribution in [2.45, 2.75) is 53.0 Å². The van der Waals surface area contributed by atoms with Crippen molar-refractivity contribution in [3.63, 3.8) is 0 Å². The van der Waals surface area contributed by atoms with Gasteiger partial charge < -0.3 is 9.74 Å². The number of anilines is 1. The number of carbonyl (C=O) groups excluding carboxylic acids is 4. The Morgan fingerprint density at radius 3 is 2.26 bits per heavy atom. The summed E-state index contributed by atoms with van der Waals surface area (Å²) in [6, 6.07) is 15.8. The van der Waals surface area contributed by atoms with E-state index >= 15 is 0 Å². The smallest absolute Gasteiger partial charge is 0.330 e. The molecule has 0 saturated carbocycles. The Balaban J connectivity index is 1.50. The lowest BCUT2D eigenvalue weighted by molar-refractivity contribution is -0.198. The number of carbonyl (C=O) groups is 4. The highest BCUT2D eigenvalue weighted by Crippen LogP contribution is 2.35. The molecule has 4 rings (SSSR count). The Labute approximate surface area is 205 Å². The molecule has 0 N–H and O–H groups in total. The quantitative estimate of drug-likeness (QED) is 0.564. The van der Waals surface area contributed by atoms with Crippen molar-refractivity contribution >= 4 is 41.5 Å². The van der Waals surface area contributed by atoms with E-state index in [2.05, 4.69) is 6.08 Å². The molecule has 0 aliphatic carbocycles. The number of rotatable bonds is 6. The van der Waals surface area contributed by atoms with Crippen LogP contribution in [0, 0.1) is 11.3 Å². The Morgan fingerprint density at radius 2 is 1.54 bits per heavy atom. The average molecular weight is 475 g/mol. The lowest BCUT2D eigenvalue weighted by Crippen LogP contribution is -2.42. The molecule has 0 radical (unpaired) electrons. The number of hydrogen-bond donors (Lipinski definition) is 0. The average Bonchev–Trinajstić information content (AvgIpc) is 3.11. The molecule has 7 nitrogen and oxygen atoms in total. The number of imide groups is 1. The van der Waals surface area contributed by atoms with Gasteiger partial charge in [-0.05, 0) is 35.1 Å². The maximum absolute atomic E-state index is 13.9. The van der Waals surface area contributed by atoms with Gasteiger partial charge in [0.15, 0.2) is 0 Å². The summed E-state index contributed by atoms with van der Waals surface area (Å²) in [4.78, 5) is 56.6. The van der Waals surface area contributed by atoms with Crippen molar-refractivity contribution in [2.24, 2.45) is 11.3 Å². The molecule has 2 aromatic rings. The summed E-state index contributed by atoms with van der Waals surface area (Å²) in [6.07, 6.45) is 4.64. The number of benzene rings is 2. The topological polar surface area (TPSA) is 84.0 Å². The van der Waals surface area contributed by atoms with Gasteiger partial charge in [0.1, 0.15) is 0 Å². The van der Waals surface area contributed by atoms with E-state index in [9.17, 15) is 19.2 Å².